The number of rotatable bonds is 7. The van der Waals surface area contributed by atoms with Crippen LogP contribution in [0.3, 0.4) is 0 Å². The van der Waals surface area contributed by atoms with E-state index in [-0.39, 0.29) is 33.3 Å². The molecule has 0 saturated carbocycles. The Labute approximate surface area is 190 Å². The Bertz CT molecular complexity index is 1240. The molecule has 0 aromatic heterocycles. The highest BCUT2D eigenvalue weighted by atomic mass is 35.5. The first-order valence-corrected chi connectivity index (χ1v) is 11.4. The summed E-state index contributed by atoms with van der Waals surface area (Å²) in [5, 5.41) is 17.5. The molecule has 0 aliphatic carbocycles. The summed E-state index contributed by atoms with van der Waals surface area (Å²) < 4.78 is 32.8. The summed E-state index contributed by atoms with van der Waals surface area (Å²) in [5.41, 5.74) is 0.948. The van der Waals surface area contributed by atoms with Gasteiger partial charge in [0.15, 0.2) is 5.78 Å². The Balaban J connectivity index is 1.88. The van der Waals surface area contributed by atoms with Crippen molar-refractivity contribution in [3.63, 3.8) is 0 Å². The summed E-state index contributed by atoms with van der Waals surface area (Å²) >= 11 is 6.16. The number of nitrogens with zero attached hydrogens (tertiary/aromatic N) is 1. The Morgan fingerprint density at radius 3 is 2.53 bits per heavy atom. The van der Waals surface area contributed by atoms with Crippen molar-refractivity contribution < 1.29 is 27.9 Å². The van der Waals surface area contributed by atoms with Crippen LogP contribution in [0.15, 0.2) is 58.7 Å². The number of hydrogen-bond donors (Lipinski definition) is 2. The van der Waals surface area contributed by atoms with Gasteiger partial charge in [0.1, 0.15) is 17.3 Å². The summed E-state index contributed by atoms with van der Waals surface area (Å²) in [7, 11) is -4.04. The van der Waals surface area contributed by atoms with Gasteiger partial charge in [0.05, 0.1) is 21.8 Å². The van der Waals surface area contributed by atoms with Gasteiger partial charge < -0.3 is 15.3 Å². The molecule has 2 aromatic rings. The predicted molar refractivity (Wildman–Crippen MR) is 120 cm³/mol. The van der Waals surface area contributed by atoms with Gasteiger partial charge in [-0.1, -0.05) is 29.8 Å². The standard InChI is InChI=1S/C22H21ClN2O6S/c1-13(24)21(14(2)26)19(27)12-31-22(28)16-7-8-17(23)20(11-16)32(29,30)25-10-9-15-5-3-4-6-18(15)25/h3-8,11,24,27H,9-10,12H2,1-2H3/b21-19-,24-13?. The van der Waals surface area contributed by atoms with Crippen molar-refractivity contribution in [2.24, 2.45) is 0 Å². The molecule has 0 radical (unpaired) electrons. The molecule has 0 unspecified atom stereocenters. The third kappa shape index (κ3) is 4.53. The second-order valence-electron chi connectivity index (χ2n) is 7.18. The maximum atomic E-state index is 13.3. The summed E-state index contributed by atoms with van der Waals surface area (Å²) in [6, 6.07) is 10.8. The van der Waals surface area contributed by atoms with E-state index in [1.54, 1.807) is 12.1 Å². The maximum Gasteiger partial charge on any atom is 0.338 e. The number of allylic oxidation sites excluding steroid dienone is 1. The number of carbonyl (C=O) groups excluding carboxylic acids is 2. The minimum atomic E-state index is -4.04. The highest BCUT2D eigenvalue weighted by Crippen LogP contribution is 2.35. The van der Waals surface area contributed by atoms with Crippen LogP contribution in [0.25, 0.3) is 0 Å². The molecule has 1 aliphatic rings. The van der Waals surface area contributed by atoms with Crippen LogP contribution in [-0.2, 0) is 26.0 Å². The van der Waals surface area contributed by atoms with Crippen LogP contribution < -0.4 is 4.31 Å². The van der Waals surface area contributed by atoms with E-state index in [1.165, 1.54) is 30.3 Å². The number of benzene rings is 2. The number of aliphatic hydroxyl groups excluding tert-OH is 1. The average Bonchev–Trinajstić information content (AvgIpc) is 3.16. The van der Waals surface area contributed by atoms with E-state index in [0.717, 1.165) is 11.6 Å². The summed E-state index contributed by atoms with van der Waals surface area (Å²) in [5.74, 6) is -2.03. The lowest BCUT2D eigenvalue weighted by Crippen LogP contribution is -2.29. The van der Waals surface area contributed by atoms with Crippen molar-refractivity contribution in [2.75, 3.05) is 17.5 Å². The number of nitrogens with one attached hydrogen (secondary N) is 1. The zero-order valence-corrected chi connectivity index (χ0v) is 19.0. The number of anilines is 1. The van der Waals surface area contributed by atoms with Crippen molar-refractivity contribution in [3.05, 3.63) is 69.9 Å². The van der Waals surface area contributed by atoms with Gasteiger partial charge in [0.2, 0.25) is 0 Å². The molecule has 32 heavy (non-hydrogen) atoms. The molecule has 10 heteroatoms. The molecule has 8 nitrogen and oxygen atoms in total. The SMILES string of the molecule is CC(=N)/C(C(C)=O)=C(/O)COC(=O)c1ccc(Cl)c(S(=O)(=O)N2CCc3ccccc32)c1. The van der Waals surface area contributed by atoms with Crippen molar-refractivity contribution in [1.29, 1.82) is 5.41 Å². The number of ether oxygens (including phenoxy) is 1. The number of carbonyl (C=O) groups is 2. The second-order valence-corrected chi connectivity index (χ2v) is 9.42. The number of Topliss-reactive ketones (excluding diaryl/α,β-unsaturated/α-hetero) is 1. The number of para-hydroxylation sites is 1. The van der Waals surface area contributed by atoms with E-state index in [1.807, 2.05) is 12.1 Å². The third-order valence-corrected chi connectivity index (χ3v) is 7.23. The Morgan fingerprint density at radius 1 is 1.19 bits per heavy atom. The van der Waals surface area contributed by atoms with E-state index in [2.05, 4.69) is 0 Å². The number of halogens is 1. The molecule has 0 saturated heterocycles. The first-order valence-electron chi connectivity index (χ1n) is 9.60. The molecule has 2 N–H and O–H groups in total. The Kier molecular flexibility index (Phi) is 6.71. The molecule has 0 fully saturated rings. The molecule has 0 amide bonds. The lowest BCUT2D eigenvalue weighted by atomic mass is 10.1. The maximum absolute atomic E-state index is 13.3. The van der Waals surface area contributed by atoms with Gasteiger partial charge in [-0.3, -0.25) is 9.10 Å². The molecule has 3 rings (SSSR count). The highest BCUT2D eigenvalue weighted by Gasteiger charge is 2.32. The minimum Gasteiger partial charge on any atom is -0.508 e. The van der Waals surface area contributed by atoms with Gasteiger partial charge in [0.25, 0.3) is 10.0 Å². The predicted octanol–water partition coefficient (Wildman–Crippen LogP) is 3.69. The lowest BCUT2D eigenvalue weighted by Gasteiger charge is -2.20. The largest absolute Gasteiger partial charge is 0.508 e. The van der Waals surface area contributed by atoms with E-state index in [4.69, 9.17) is 21.7 Å². The van der Waals surface area contributed by atoms with Gasteiger partial charge in [0, 0.05) is 12.3 Å². The fraction of sp³-hybridized carbons (Fsp3) is 0.227. The number of esters is 1. The van der Waals surface area contributed by atoms with Crippen molar-refractivity contribution in [3.8, 4) is 0 Å². The number of ketones is 1. The van der Waals surface area contributed by atoms with Crippen molar-refractivity contribution in [2.45, 2.75) is 25.2 Å². The topological polar surface area (TPSA) is 125 Å². The van der Waals surface area contributed by atoms with Gasteiger partial charge in [-0.05, 0) is 50.1 Å². The summed E-state index contributed by atoms with van der Waals surface area (Å²) in [4.78, 5) is 23.8. The zero-order chi connectivity index (χ0) is 23.6. The summed E-state index contributed by atoms with van der Waals surface area (Å²) in [6.45, 7) is 2.11. The number of aliphatic hydroxyl groups is 1. The highest BCUT2D eigenvalue weighted by molar-refractivity contribution is 7.93. The Hall–Kier alpha value is -3.17. The monoisotopic (exact) mass is 476 g/mol. The Morgan fingerprint density at radius 2 is 1.88 bits per heavy atom. The van der Waals surface area contributed by atoms with Crippen molar-refractivity contribution in [1.82, 2.24) is 0 Å². The molecule has 2 aromatic carbocycles. The van der Waals surface area contributed by atoms with Gasteiger partial charge in [-0.25, -0.2) is 13.2 Å². The normalized spacial score (nSPS) is 13.9. The van der Waals surface area contributed by atoms with E-state index >= 15 is 0 Å². The fourth-order valence-electron chi connectivity index (χ4n) is 3.48. The van der Waals surface area contributed by atoms with Crippen LogP contribution in [0.2, 0.25) is 5.02 Å². The second kappa shape index (κ2) is 9.13. The average molecular weight is 477 g/mol. The first kappa shape index (κ1) is 23.5. The molecule has 168 valence electrons. The van der Waals surface area contributed by atoms with Crippen LogP contribution in [0.1, 0.15) is 29.8 Å². The number of fused-ring (bicyclic) bond motifs is 1. The molecular formula is C22H21ClN2O6S. The fourth-order valence-corrected chi connectivity index (χ4v) is 5.48. The van der Waals surface area contributed by atoms with Gasteiger partial charge >= 0.3 is 5.97 Å². The molecule has 0 atom stereocenters. The smallest absolute Gasteiger partial charge is 0.338 e. The third-order valence-electron chi connectivity index (χ3n) is 4.94. The van der Waals surface area contributed by atoms with Crippen LogP contribution in [0.5, 0.6) is 0 Å². The lowest BCUT2D eigenvalue weighted by molar-refractivity contribution is -0.113. The van der Waals surface area contributed by atoms with Crippen LogP contribution in [0, 0.1) is 5.41 Å². The first-order chi connectivity index (χ1) is 15.0. The number of hydrogen-bond acceptors (Lipinski definition) is 7. The van der Waals surface area contributed by atoms with Gasteiger partial charge in [-0.2, -0.15) is 0 Å². The number of sulfonamides is 1. The zero-order valence-electron chi connectivity index (χ0n) is 17.4. The van der Waals surface area contributed by atoms with E-state index < -0.39 is 34.1 Å². The molecule has 1 heterocycles. The van der Waals surface area contributed by atoms with E-state index in [9.17, 15) is 23.1 Å². The molecule has 1 aliphatic heterocycles. The molecule has 0 spiro atoms. The molecular weight excluding hydrogens is 456 g/mol. The summed E-state index contributed by atoms with van der Waals surface area (Å²) in [6.07, 6.45) is 0.561. The minimum absolute atomic E-state index is 0.0491. The molecule has 0 bridgehead atoms. The van der Waals surface area contributed by atoms with Gasteiger partial charge in [-0.15, -0.1) is 0 Å². The van der Waals surface area contributed by atoms with E-state index in [0.29, 0.717) is 12.1 Å². The van der Waals surface area contributed by atoms with Crippen LogP contribution in [-0.4, -0.2) is 44.1 Å². The van der Waals surface area contributed by atoms with Crippen LogP contribution in [0.4, 0.5) is 5.69 Å². The van der Waals surface area contributed by atoms with Crippen molar-refractivity contribution >= 4 is 44.8 Å². The quantitative estimate of drug-likeness (QED) is 0.272. The van der Waals surface area contributed by atoms with Crippen LogP contribution >= 0.6 is 11.6 Å².